The number of hydrogen-bond donors (Lipinski definition) is 1. The van der Waals surface area contributed by atoms with Gasteiger partial charge in [0.2, 0.25) is 5.16 Å². The van der Waals surface area contributed by atoms with E-state index in [9.17, 15) is 18.5 Å². The molecular formula is C15H13N5O4S. The van der Waals surface area contributed by atoms with Crippen molar-refractivity contribution in [3.63, 3.8) is 0 Å². The van der Waals surface area contributed by atoms with Crippen molar-refractivity contribution in [2.24, 2.45) is 0 Å². The highest BCUT2D eigenvalue weighted by atomic mass is 32.2. The summed E-state index contributed by atoms with van der Waals surface area (Å²) in [6.45, 7) is 0.680. The molecule has 3 heterocycles. The Kier molecular flexibility index (Phi) is 3.51. The summed E-state index contributed by atoms with van der Waals surface area (Å²) in [7, 11) is -3.71. The Bertz CT molecular complexity index is 1090. The SMILES string of the molecule is O=[N+]([O-])c1ccc2c(nc3n2CCNS3(=O)=O)c1Cc1ccccn1. The molecule has 2 aromatic heterocycles. The lowest BCUT2D eigenvalue weighted by Gasteiger charge is -2.15. The molecule has 0 amide bonds. The van der Waals surface area contributed by atoms with Crippen LogP contribution < -0.4 is 4.72 Å². The lowest BCUT2D eigenvalue weighted by molar-refractivity contribution is -0.385. The Hall–Kier alpha value is -2.85. The molecule has 0 saturated carbocycles. The summed E-state index contributed by atoms with van der Waals surface area (Å²) in [5.41, 5.74) is 1.79. The van der Waals surface area contributed by atoms with Crippen molar-refractivity contribution in [1.29, 1.82) is 0 Å². The van der Waals surface area contributed by atoms with Crippen molar-refractivity contribution < 1.29 is 13.3 Å². The number of imidazole rings is 1. The Morgan fingerprint density at radius 2 is 2.12 bits per heavy atom. The van der Waals surface area contributed by atoms with E-state index in [2.05, 4.69) is 14.7 Å². The summed E-state index contributed by atoms with van der Waals surface area (Å²) in [5, 5.41) is 11.3. The first-order valence-corrected chi connectivity index (χ1v) is 9.02. The number of benzene rings is 1. The van der Waals surface area contributed by atoms with Gasteiger partial charge in [0.25, 0.3) is 15.7 Å². The van der Waals surface area contributed by atoms with Crippen LogP contribution in [0, 0.1) is 10.1 Å². The molecule has 0 unspecified atom stereocenters. The van der Waals surface area contributed by atoms with Crippen molar-refractivity contribution in [3.05, 3.63) is 57.9 Å². The highest BCUT2D eigenvalue weighted by molar-refractivity contribution is 7.89. The van der Waals surface area contributed by atoms with Gasteiger partial charge in [0, 0.05) is 37.5 Å². The molecule has 10 heteroatoms. The average molecular weight is 359 g/mol. The number of hydrogen-bond acceptors (Lipinski definition) is 6. The second-order valence-electron chi connectivity index (χ2n) is 5.63. The van der Waals surface area contributed by atoms with Gasteiger partial charge in [-0.05, 0) is 18.2 Å². The molecule has 25 heavy (non-hydrogen) atoms. The largest absolute Gasteiger partial charge is 0.312 e. The second-order valence-corrected chi connectivity index (χ2v) is 7.29. The minimum atomic E-state index is -3.71. The molecule has 0 aliphatic carbocycles. The number of nitro groups is 1. The van der Waals surface area contributed by atoms with E-state index in [1.807, 2.05) is 0 Å². The normalized spacial score (nSPS) is 15.8. The predicted octanol–water partition coefficient (Wildman–Crippen LogP) is 1.22. The van der Waals surface area contributed by atoms with E-state index in [0.717, 1.165) is 0 Å². The smallest absolute Gasteiger partial charge is 0.275 e. The van der Waals surface area contributed by atoms with Gasteiger partial charge in [-0.1, -0.05) is 6.07 Å². The first-order chi connectivity index (χ1) is 12.0. The minimum absolute atomic E-state index is 0.0982. The third-order valence-electron chi connectivity index (χ3n) is 4.11. The van der Waals surface area contributed by atoms with E-state index < -0.39 is 14.9 Å². The van der Waals surface area contributed by atoms with Gasteiger partial charge in [0.05, 0.1) is 16.0 Å². The van der Waals surface area contributed by atoms with Crippen molar-refractivity contribution in [3.8, 4) is 0 Å². The van der Waals surface area contributed by atoms with Crippen LogP contribution in [0.1, 0.15) is 11.3 Å². The zero-order chi connectivity index (χ0) is 17.6. The van der Waals surface area contributed by atoms with E-state index in [-0.39, 0.29) is 23.8 Å². The molecule has 128 valence electrons. The fourth-order valence-electron chi connectivity index (χ4n) is 3.02. The molecule has 1 N–H and O–H groups in total. The number of nitrogens with one attached hydrogen (secondary N) is 1. The third-order valence-corrected chi connectivity index (χ3v) is 5.49. The lowest BCUT2D eigenvalue weighted by atomic mass is 10.0. The lowest BCUT2D eigenvalue weighted by Crippen LogP contribution is -2.35. The molecule has 0 fully saturated rings. The van der Waals surface area contributed by atoms with Crippen LogP contribution in [0.15, 0.2) is 41.7 Å². The van der Waals surface area contributed by atoms with Crippen LogP contribution in [0.3, 0.4) is 0 Å². The van der Waals surface area contributed by atoms with Gasteiger partial charge in [-0.3, -0.25) is 15.1 Å². The number of aromatic nitrogens is 3. The maximum Gasteiger partial charge on any atom is 0.275 e. The van der Waals surface area contributed by atoms with Gasteiger partial charge in [0.1, 0.15) is 5.52 Å². The van der Waals surface area contributed by atoms with Gasteiger partial charge < -0.3 is 4.57 Å². The minimum Gasteiger partial charge on any atom is -0.312 e. The first-order valence-electron chi connectivity index (χ1n) is 7.53. The van der Waals surface area contributed by atoms with Crippen LogP contribution >= 0.6 is 0 Å². The predicted molar refractivity (Wildman–Crippen MR) is 88.6 cm³/mol. The molecular weight excluding hydrogens is 346 g/mol. The summed E-state index contributed by atoms with van der Waals surface area (Å²) < 4.78 is 28.4. The number of pyridine rings is 1. The van der Waals surface area contributed by atoms with Crippen LogP contribution in [0.4, 0.5) is 5.69 Å². The maximum atomic E-state index is 12.2. The van der Waals surface area contributed by atoms with Gasteiger partial charge in [0.15, 0.2) is 0 Å². The van der Waals surface area contributed by atoms with E-state index in [1.54, 1.807) is 35.0 Å². The van der Waals surface area contributed by atoms with Crippen molar-refractivity contribution in [1.82, 2.24) is 19.3 Å². The molecule has 0 radical (unpaired) electrons. The second kappa shape index (κ2) is 5.60. The maximum absolute atomic E-state index is 12.2. The number of sulfonamides is 1. The molecule has 1 aliphatic rings. The van der Waals surface area contributed by atoms with Gasteiger partial charge in [-0.2, -0.15) is 0 Å². The van der Waals surface area contributed by atoms with Gasteiger partial charge >= 0.3 is 0 Å². The number of nitrogens with zero attached hydrogens (tertiary/aromatic N) is 4. The third kappa shape index (κ3) is 2.55. The molecule has 9 nitrogen and oxygen atoms in total. The molecule has 4 rings (SSSR count). The van der Waals surface area contributed by atoms with Crippen LogP contribution in [-0.4, -0.2) is 34.4 Å². The number of nitro benzene ring substituents is 1. The quantitative estimate of drug-likeness (QED) is 0.554. The summed E-state index contributed by atoms with van der Waals surface area (Å²) in [6.07, 6.45) is 1.80. The van der Waals surface area contributed by atoms with Crippen molar-refractivity contribution in [2.45, 2.75) is 18.1 Å². The zero-order valence-electron chi connectivity index (χ0n) is 12.9. The van der Waals surface area contributed by atoms with Crippen LogP contribution in [0.5, 0.6) is 0 Å². The van der Waals surface area contributed by atoms with E-state index in [1.165, 1.54) is 6.07 Å². The van der Waals surface area contributed by atoms with Crippen molar-refractivity contribution in [2.75, 3.05) is 6.54 Å². The molecule has 0 saturated heterocycles. The zero-order valence-corrected chi connectivity index (χ0v) is 13.7. The highest BCUT2D eigenvalue weighted by Gasteiger charge is 2.30. The molecule has 0 bridgehead atoms. The number of fused-ring (bicyclic) bond motifs is 3. The molecule has 3 aromatic rings. The fourth-order valence-corrected chi connectivity index (χ4v) is 4.20. The standard InChI is InChI=1S/C15H13N5O4S/c21-20(22)12-4-5-13-14(11(12)9-10-3-1-2-6-16-10)18-15-19(13)8-7-17-25(15,23)24/h1-6,17H,7-9H2. The fraction of sp³-hybridized carbons (Fsp3) is 0.200. The Labute approximate surface area is 142 Å². The van der Waals surface area contributed by atoms with Crippen LogP contribution in [0.2, 0.25) is 0 Å². The van der Waals surface area contributed by atoms with Gasteiger partial charge in [-0.25, -0.2) is 18.1 Å². The Morgan fingerprint density at radius 1 is 1.28 bits per heavy atom. The molecule has 1 aliphatic heterocycles. The number of rotatable bonds is 3. The van der Waals surface area contributed by atoms with E-state index in [4.69, 9.17) is 0 Å². The highest BCUT2D eigenvalue weighted by Crippen LogP contribution is 2.31. The summed E-state index contributed by atoms with van der Waals surface area (Å²) in [6, 6.07) is 8.25. The topological polar surface area (TPSA) is 120 Å². The monoisotopic (exact) mass is 359 g/mol. The summed E-state index contributed by atoms with van der Waals surface area (Å²) >= 11 is 0. The molecule has 0 spiro atoms. The summed E-state index contributed by atoms with van der Waals surface area (Å²) in [4.78, 5) is 19.4. The van der Waals surface area contributed by atoms with Crippen LogP contribution in [0.25, 0.3) is 11.0 Å². The Morgan fingerprint density at radius 3 is 2.84 bits per heavy atom. The average Bonchev–Trinajstić information content (AvgIpc) is 2.97. The van der Waals surface area contributed by atoms with Crippen molar-refractivity contribution >= 4 is 26.7 Å². The molecule has 1 aromatic carbocycles. The van der Waals surface area contributed by atoms with E-state index in [0.29, 0.717) is 28.8 Å². The van der Waals surface area contributed by atoms with Crippen LogP contribution in [-0.2, 0) is 23.0 Å². The Balaban J connectivity index is 1.99. The summed E-state index contributed by atoms with van der Waals surface area (Å²) in [5.74, 6) is 0. The first kappa shape index (κ1) is 15.7. The van der Waals surface area contributed by atoms with Gasteiger partial charge in [-0.15, -0.1) is 0 Å². The van der Waals surface area contributed by atoms with E-state index >= 15 is 0 Å². The molecule has 0 atom stereocenters.